The monoisotopic (exact) mass is 214 g/mol. The van der Waals surface area contributed by atoms with E-state index >= 15 is 0 Å². The van der Waals surface area contributed by atoms with Crippen LogP contribution in [0.4, 0.5) is 10.5 Å². The second kappa shape index (κ2) is 3.44. The van der Waals surface area contributed by atoms with Gasteiger partial charge < -0.3 is 0 Å². The molecule has 0 fully saturated rings. The first-order chi connectivity index (χ1) is 7.86. The number of carbonyl (C=O) groups is 1. The fraction of sp³-hybridized carbons (Fsp3) is 0.182. The minimum Gasteiger partial charge on any atom is -0.292 e. The van der Waals surface area contributed by atoms with Gasteiger partial charge in [-0.25, -0.2) is 4.79 Å². The molecule has 1 aliphatic rings. The van der Waals surface area contributed by atoms with Crippen molar-refractivity contribution in [3.8, 4) is 0 Å². The summed E-state index contributed by atoms with van der Waals surface area (Å²) in [6.45, 7) is 0.706. The van der Waals surface area contributed by atoms with Gasteiger partial charge in [0.15, 0.2) is 0 Å². The highest BCUT2D eigenvalue weighted by Crippen LogP contribution is 2.27. The van der Waals surface area contributed by atoms with E-state index in [1.807, 2.05) is 24.3 Å². The van der Waals surface area contributed by atoms with E-state index in [1.165, 1.54) is 16.4 Å². The van der Waals surface area contributed by atoms with Gasteiger partial charge in [0.25, 0.3) is 0 Å². The first-order valence-electron chi connectivity index (χ1n) is 5.12. The Kier molecular flexibility index (Phi) is 1.96. The smallest absolute Gasteiger partial charge is 0.292 e. The lowest BCUT2D eigenvalue weighted by atomic mass is 10.2. The van der Waals surface area contributed by atoms with Crippen molar-refractivity contribution in [2.45, 2.75) is 6.42 Å². The minimum absolute atomic E-state index is 0.151. The Balaban J connectivity index is 1.96. The number of amides is 1. The summed E-state index contributed by atoms with van der Waals surface area (Å²) in [7, 11) is 0. The Morgan fingerprint density at radius 1 is 1.31 bits per heavy atom. The van der Waals surface area contributed by atoms with Crippen LogP contribution >= 0.6 is 0 Å². The minimum atomic E-state index is -0.151. The molecule has 1 amide bonds. The SMILES string of the molecule is O=C(N1CCc2ccccc21)n1ccnn1. The first-order valence-corrected chi connectivity index (χ1v) is 5.12. The van der Waals surface area contributed by atoms with E-state index in [9.17, 15) is 4.79 Å². The second-order valence-corrected chi connectivity index (χ2v) is 3.66. The molecule has 16 heavy (non-hydrogen) atoms. The Morgan fingerprint density at radius 3 is 3.00 bits per heavy atom. The van der Waals surface area contributed by atoms with Gasteiger partial charge in [0.2, 0.25) is 0 Å². The fourth-order valence-corrected chi connectivity index (χ4v) is 1.97. The maximum Gasteiger partial charge on any atom is 0.350 e. The van der Waals surface area contributed by atoms with Gasteiger partial charge in [-0.2, -0.15) is 4.68 Å². The lowest BCUT2D eigenvalue weighted by Crippen LogP contribution is -2.33. The lowest BCUT2D eigenvalue weighted by molar-refractivity contribution is 0.245. The number of para-hydroxylation sites is 1. The Morgan fingerprint density at radius 2 is 2.19 bits per heavy atom. The highest BCUT2D eigenvalue weighted by atomic mass is 16.2. The summed E-state index contributed by atoms with van der Waals surface area (Å²) >= 11 is 0. The van der Waals surface area contributed by atoms with Crippen LogP contribution in [0.1, 0.15) is 5.56 Å². The van der Waals surface area contributed by atoms with Crippen LogP contribution in [-0.2, 0) is 6.42 Å². The van der Waals surface area contributed by atoms with Crippen molar-refractivity contribution in [1.29, 1.82) is 0 Å². The number of benzene rings is 1. The summed E-state index contributed by atoms with van der Waals surface area (Å²) < 4.78 is 1.25. The number of anilines is 1. The van der Waals surface area contributed by atoms with E-state index in [0.29, 0.717) is 6.54 Å². The van der Waals surface area contributed by atoms with Crippen LogP contribution in [0.3, 0.4) is 0 Å². The molecular weight excluding hydrogens is 204 g/mol. The fourth-order valence-electron chi connectivity index (χ4n) is 1.97. The van der Waals surface area contributed by atoms with Gasteiger partial charge in [-0.3, -0.25) is 4.90 Å². The Hall–Kier alpha value is -2.17. The number of nitrogens with zero attached hydrogens (tertiary/aromatic N) is 4. The molecule has 2 heterocycles. The molecular formula is C11H10N4O. The molecule has 1 aliphatic heterocycles. The first kappa shape index (κ1) is 9.08. The maximum absolute atomic E-state index is 12.1. The number of rotatable bonds is 0. The molecule has 0 spiro atoms. The van der Waals surface area contributed by atoms with E-state index in [0.717, 1.165) is 12.1 Å². The average Bonchev–Trinajstić information content (AvgIpc) is 2.98. The molecule has 1 aromatic heterocycles. The molecule has 5 heteroatoms. The van der Waals surface area contributed by atoms with Gasteiger partial charge in [0.1, 0.15) is 0 Å². The third-order valence-electron chi connectivity index (χ3n) is 2.74. The maximum atomic E-state index is 12.1. The molecule has 2 aromatic rings. The quantitative estimate of drug-likeness (QED) is 0.664. The molecule has 0 atom stereocenters. The molecule has 3 rings (SSSR count). The number of hydrogen-bond donors (Lipinski definition) is 0. The largest absolute Gasteiger partial charge is 0.350 e. The topological polar surface area (TPSA) is 51.0 Å². The number of fused-ring (bicyclic) bond motifs is 1. The molecule has 1 aromatic carbocycles. The van der Waals surface area contributed by atoms with Crippen LogP contribution in [0, 0.1) is 0 Å². The van der Waals surface area contributed by atoms with E-state index < -0.39 is 0 Å². The highest BCUT2D eigenvalue weighted by molar-refractivity contribution is 5.94. The van der Waals surface area contributed by atoms with Crippen LogP contribution in [0.25, 0.3) is 0 Å². The van der Waals surface area contributed by atoms with Crippen molar-refractivity contribution in [3.05, 3.63) is 42.2 Å². The lowest BCUT2D eigenvalue weighted by Gasteiger charge is -2.15. The van der Waals surface area contributed by atoms with Gasteiger partial charge in [-0.15, -0.1) is 5.10 Å². The van der Waals surface area contributed by atoms with Crippen molar-refractivity contribution in [1.82, 2.24) is 15.0 Å². The molecule has 5 nitrogen and oxygen atoms in total. The molecule has 0 aliphatic carbocycles. The Labute approximate surface area is 92.3 Å². The Bertz CT molecular complexity index is 521. The van der Waals surface area contributed by atoms with Crippen LogP contribution in [-0.4, -0.2) is 27.6 Å². The standard InChI is InChI=1S/C11H10N4O/c16-11(15-8-6-12-13-15)14-7-5-9-3-1-2-4-10(9)14/h1-4,6,8H,5,7H2. The van der Waals surface area contributed by atoms with Gasteiger partial charge in [0, 0.05) is 12.2 Å². The van der Waals surface area contributed by atoms with Crippen LogP contribution in [0.5, 0.6) is 0 Å². The van der Waals surface area contributed by atoms with Crippen LogP contribution < -0.4 is 4.90 Å². The van der Waals surface area contributed by atoms with E-state index in [4.69, 9.17) is 0 Å². The summed E-state index contributed by atoms with van der Waals surface area (Å²) in [5, 5.41) is 7.35. The molecule has 0 saturated carbocycles. The third kappa shape index (κ3) is 1.29. The van der Waals surface area contributed by atoms with Crippen molar-refractivity contribution >= 4 is 11.7 Å². The van der Waals surface area contributed by atoms with E-state index in [-0.39, 0.29) is 6.03 Å². The summed E-state index contributed by atoms with van der Waals surface area (Å²) in [5.74, 6) is 0. The number of aromatic nitrogens is 3. The van der Waals surface area contributed by atoms with Crippen molar-refractivity contribution in [2.75, 3.05) is 11.4 Å². The summed E-state index contributed by atoms with van der Waals surface area (Å²) in [5.41, 5.74) is 2.18. The van der Waals surface area contributed by atoms with E-state index in [1.54, 1.807) is 11.1 Å². The third-order valence-corrected chi connectivity index (χ3v) is 2.74. The second-order valence-electron chi connectivity index (χ2n) is 3.66. The van der Waals surface area contributed by atoms with Crippen molar-refractivity contribution < 1.29 is 4.79 Å². The molecule has 0 bridgehead atoms. The van der Waals surface area contributed by atoms with Crippen LogP contribution in [0.2, 0.25) is 0 Å². The zero-order valence-electron chi connectivity index (χ0n) is 8.58. The summed E-state index contributed by atoms with van der Waals surface area (Å²) in [6, 6.07) is 7.78. The number of carbonyl (C=O) groups excluding carboxylic acids is 1. The van der Waals surface area contributed by atoms with Crippen molar-refractivity contribution in [2.24, 2.45) is 0 Å². The molecule has 80 valence electrons. The summed E-state index contributed by atoms with van der Waals surface area (Å²) in [6.07, 6.45) is 3.96. The average molecular weight is 214 g/mol. The van der Waals surface area contributed by atoms with E-state index in [2.05, 4.69) is 10.3 Å². The van der Waals surface area contributed by atoms with Crippen LogP contribution in [0.15, 0.2) is 36.7 Å². The highest BCUT2D eigenvalue weighted by Gasteiger charge is 2.25. The normalized spacial score (nSPS) is 13.9. The van der Waals surface area contributed by atoms with Gasteiger partial charge >= 0.3 is 6.03 Å². The molecule has 0 unspecified atom stereocenters. The number of hydrogen-bond acceptors (Lipinski definition) is 3. The van der Waals surface area contributed by atoms with Crippen molar-refractivity contribution in [3.63, 3.8) is 0 Å². The van der Waals surface area contributed by atoms with Gasteiger partial charge in [-0.1, -0.05) is 23.4 Å². The van der Waals surface area contributed by atoms with Gasteiger partial charge in [-0.05, 0) is 18.1 Å². The summed E-state index contributed by atoms with van der Waals surface area (Å²) in [4.78, 5) is 13.8. The predicted octanol–water partition coefficient (Wildman–Crippen LogP) is 1.31. The predicted molar refractivity (Wildman–Crippen MR) is 58.3 cm³/mol. The van der Waals surface area contributed by atoms with Gasteiger partial charge in [0.05, 0.1) is 12.4 Å². The molecule has 0 radical (unpaired) electrons. The molecule has 0 N–H and O–H groups in total. The molecule has 0 saturated heterocycles. The zero-order chi connectivity index (χ0) is 11.0. The zero-order valence-corrected chi connectivity index (χ0v) is 8.58.